The third-order valence-electron chi connectivity index (χ3n) is 14.9. The van der Waals surface area contributed by atoms with E-state index in [1.807, 2.05) is 11.3 Å². The van der Waals surface area contributed by atoms with Crippen molar-refractivity contribution in [3.05, 3.63) is 222 Å². The van der Waals surface area contributed by atoms with Gasteiger partial charge in [0.1, 0.15) is 0 Å². The van der Waals surface area contributed by atoms with Crippen LogP contribution in [-0.2, 0) is 16.2 Å². The molecule has 1 nitrogen and oxygen atoms in total. The SMILES string of the molecule is CC(C)(C)c1ccc(-c2ccc3c(c2)C(C)(C)c2ccc(-c4ccccc4N(c4ccc(-c5ccc6sc7ccccc7c6c5)cc4)c4cccc5c4-c4ccccc4C5(C)C)cc2-3)cc1. The summed E-state index contributed by atoms with van der Waals surface area (Å²) < 4.78 is 2.66. The Balaban J connectivity index is 0.994. The van der Waals surface area contributed by atoms with Crippen LogP contribution in [0.1, 0.15) is 76.3 Å². The fraction of sp³-hybridized carbons (Fsp3) is 0.156. The van der Waals surface area contributed by atoms with Crippen LogP contribution in [0, 0.1) is 0 Å². The molecule has 0 atom stereocenters. The molecular formula is C64H53NS. The van der Waals surface area contributed by atoms with E-state index in [1.165, 1.54) is 109 Å². The molecule has 0 radical (unpaired) electrons. The van der Waals surface area contributed by atoms with Gasteiger partial charge < -0.3 is 4.90 Å². The van der Waals surface area contributed by atoms with Gasteiger partial charge in [0, 0.05) is 47.8 Å². The number of hydrogen-bond donors (Lipinski definition) is 0. The molecule has 1 heterocycles. The van der Waals surface area contributed by atoms with Gasteiger partial charge in [-0.2, -0.15) is 0 Å². The zero-order valence-electron chi connectivity index (χ0n) is 38.8. The molecule has 2 heteroatoms. The first kappa shape index (κ1) is 40.5. The third kappa shape index (κ3) is 6.26. The molecule has 66 heavy (non-hydrogen) atoms. The molecule has 2 aliphatic carbocycles. The van der Waals surface area contributed by atoms with Crippen LogP contribution in [0.4, 0.5) is 17.1 Å². The van der Waals surface area contributed by atoms with Crippen molar-refractivity contribution in [3.8, 4) is 55.6 Å². The molecule has 0 fully saturated rings. The molecule has 10 aromatic rings. The first-order valence-corrected chi connectivity index (χ1v) is 24.2. The molecule has 0 aliphatic heterocycles. The Kier molecular flexibility index (Phi) is 9.06. The van der Waals surface area contributed by atoms with Crippen LogP contribution in [0.25, 0.3) is 75.8 Å². The van der Waals surface area contributed by atoms with Crippen LogP contribution in [0.5, 0.6) is 0 Å². The van der Waals surface area contributed by atoms with E-state index >= 15 is 0 Å². The minimum absolute atomic E-state index is 0.123. The second-order valence-corrected chi connectivity index (χ2v) is 21.6. The number of fused-ring (bicyclic) bond motifs is 9. The molecule has 1 aromatic heterocycles. The average Bonchev–Trinajstić information content (AvgIpc) is 3.91. The number of benzene rings is 9. The summed E-state index contributed by atoms with van der Waals surface area (Å²) in [7, 11) is 0. The highest BCUT2D eigenvalue weighted by Crippen LogP contribution is 2.56. The maximum atomic E-state index is 2.52. The third-order valence-corrected chi connectivity index (χ3v) is 16.0. The molecule has 0 N–H and O–H groups in total. The van der Waals surface area contributed by atoms with Gasteiger partial charge in [0.2, 0.25) is 0 Å². The highest BCUT2D eigenvalue weighted by molar-refractivity contribution is 7.25. The molecule has 0 saturated heterocycles. The molecular weight excluding hydrogens is 815 g/mol. The van der Waals surface area contributed by atoms with Crippen LogP contribution in [0.3, 0.4) is 0 Å². The summed E-state index contributed by atoms with van der Waals surface area (Å²) in [5.74, 6) is 0. The zero-order valence-corrected chi connectivity index (χ0v) is 39.6. The second-order valence-electron chi connectivity index (χ2n) is 20.6. The van der Waals surface area contributed by atoms with Crippen molar-refractivity contribution in [2.75, 3.05) is 4.90 Å². The first-order valence-electron chi connectivity index (χ1n) is 23.4. The van der Waals surface area contributed by atoms with Gasteiger partial charge in [-0.25, -0.2) is 0 Å². The topological polar surface area (TPSA) is 3.24 Å². The normalized spacial score (nSPS) is 14.2. The predicted molar refractivity (Wildman–Crippen MR) is 284 cm³/mol. The number of thiophene rings is 1. The van der Waals surface area contributed by atoms with Gasteiger partial charge in [-0.05, 0) is 132 Å². The standard InChI is InChI=1S/C64H53NS/c1-62(2,3)45-30-23-40(24-31-45)43-27-34-48-51-38-44(28-35-54(51)64(6,7)56(48)39-43)47-15-9-12-20-57(47)65(58-21-14-19-55-61(58)50-17-8-11-18-53(50)63(55,4)5)46-32-25-41(26-33-46)42-29-36-60-52(37-42)49-16-10-13-22-59(49)66-60/h8-39H,1-7H3. The van der Waals surface area contributed by atoms with Gasteiger partial charge in [-0.15, -0.1) is 11.3 Å². The monoisotopic (exact) mass is 867 g/mol. The van der Waals surface area contributed by atoms with Gasteiger partial charge in [0.25, 0.3) is 0 Å². The second kappa shape index (κ2) is 14.8. The summed E-state index contributed by atoms with van der Waals surface area (Å²) in [6.45, 7) is 16.4. The summed E-state index contributed by atoms with van der Waals surface area (Å²) in [4.78, 5) is 2.52. The smallest absolute Gasteiger partial charge is 0.0543 e. The van der Waals surface area contributed by atoms with E-state index in [4.69, 9.17) is 0 Å². The molecule has 9 aromatic carbocycles. The minimum atomic E-state index is -0.135. The van der Waals surface area contributed by atoms with Gasteiger partial charge >= 0.3 is 0 Å². The highest BCUT2D eigenvalue weighted by Gasteiger charge is 2.39. The molecule has 12 rings (SSSR count). The average molecular weight is 868 g/mol. The van der Waals surface area contributed by atoms with Gasteiger partial charge in [0.15, 0.2) is 0 Å². The molecule has 0 saturated carbocycles. The van der Waals surface area contributed by atoms with Crippen LogP contribution < -0.4 is 4.90 Å². The number of anilines is 3. The number of hydrogen-bond acceptors (Lipinski definition) is 2. The summed E-state index contributed by atoms with van der Waals surface area (Å²) in [5, 5.41) is 2.64. The largest absolute Gasteiger partial charge is 0.309 e. The van der Waals surface area contributed by atoms with Crippen molar-refractivity contribution in [2.24, 2.45) is 0 Å². The Hall–Kier alpha value is -7.00. The van der Waals surface area contributed by atoms with E-state index < -0.39 is 0 Å². The number of para-hydroxylation sites is 1. The Morgan fingerprint density at radius 2 is 0.955 bits per heavy atom. The number of rotatable bonds is 6. The van der Waals surface area contributed by atoms with Gasteiger partial charge in [-0.1, -0.05) is 188 Å². The quantitative estimate of drug-likeness (QED) is 0.161. The molecule has 320 valence electrons. The fourth-order valence-corrected chi connectivity index (χ4v) is 12.3. The van der Waals surface area contributed by atoms with E-state index in [0.717, 1.165) is 11.4 Å². The van der Waals surface area contributed by atoms with Crippen LogP contribution in [-0.4, -0.2) is 0 Å². The van der Waals surface area contributed by atoms with Gasteiger partial charge in [-0.3, -0.25) is 0 Å². The fourth-order valence-electron chi connectivity index (χ4n) is 11.2. The molecule has 0 unspecified atom stereocenters. The van der Waals surface area contributed by atoms with Crippen LogP contribution in [0.2, 0.25) is 0 Å². The molecule has 0 spiro atoms. The summed E-state index contributed by atoms with van der Waals surface area (Å²) in [6, 6.07) is 73.4. The minimum Gasteiger partial charge on any atom is -0.309 e. The summed E-state index contributed by atoms with van der Waals surface area (Å²) in [5.41, 5.74) is 22.8. The van der Waals surface area contributed by atoms with Crippen molar-refractivity contribution in [3.63, 3.8) is 0 Å². The Bertz CT molecular complexity index is 3560. The Morgan fingerprint density at radius 3 is 1.74 bits per heavy atom. The Morgan fingerprint density at radius 1 is 0.379 bits per heavy atom. The molecule has 0 bridgehead atoms. The van der Waals surface area contributed by atoms with Crippen LogP contribution >= 0.6 is 11.3 Å². The maximum absolute atomic E-state index is 2.52. The lowest BCUT2D eigenvalue weighted by Crippen LogP contribution is -2.16. The Labute approximate surface area is 393 Å². The molecule has 0 amide bonds. The van der Waals surface area contributed by atoms with Crippen molar-refractivity contribution >= 4 is 48.6 Å². The highest BCUT2D eigenvalue weighted by atomic mass is 32.1. The van der Waals surface area contributed by atoms with E-state index in [-0.39, 0.29) is 16.2 Å². The number of nitrogens with zero attached hydrogens (tertiary/aromatic N) is 1. The van der Waals surface area contributed by atoms with Crippen LogP contribution in [0.15, 0.2) is 194 Å². The predicted octanol–water partition coefficient (Wildman–Crippen LogP) is 18.4. The summed E-state index contributed by atoms with van der Waals surface area (Å²) >= 11 is 1.87. The van der Waals surface area contributed by atoms with E-state index in [0.29, 0.717) is 0 Å². The lowest BCUT2D eigenvalue weighted by atomic mass is 9.81. The zero-order chi connectivity index (χ0) is 45.1. The summed E-state index contributed by atoms with van der Waals surface area (Å²) in [6.07, 6.45) is 0. The lowest BCUT2D eigenvalue weighted by molar-refractivity contribution is 0.590. The maximum Gasteiger partial charge on any atom is 0.0543 e. The van der Waals surface area contributed by atoms with Crippen molar-refractivity contribution in [1.82, 2.24) is 0 Å². The van der Waals surface area contributed by atoms with E-state index in [2.05, 4.69) is 247 Å². The first-order chi connectivity index (χ1) is 31.9. The van der Waals surface area contributed by atoms with E-state index in [1.54, 1.807) is 0 Å². The van der Waals surface area contributed by atoms with Crippen molar-refractivity contribution in [1.29, 1.82) is 0 Å². The molecule has 2 aliphatic rings. The van der Waals surface area contributed by atoms with Gasteiger partial charge in [0.05, 0.1) is 11.4 Å². The lowest BCUT2D eigenvalue weighted by Gasteiger charge is -2.31. The van der Waals surface area contributed by atoms with Crippen molar-refractivity contribution < 1.29 is 0 Å². The van der Waals surface area contributed by atoms with Crippen molar-refractivity contribution in [2.45, 2.75) is 64.7 Å². The van der Waals surface area contributed by atoms with E-state index in [9.17, 15) is 0 Å².